The fourth-order valence-electron chi connectivity index (χ4n) is 8.54. The van der Waals surface area contributed by atoms with Gasteiger partial charge in [-0.3, -0.25) is 58.0 Å². The molecule has 2 aromatic carbocycles. The van der Waals surface area contributed by atoms with Crippen LogP contribution in [-0.2, 0) is 64.4 Å². The van der Waals surface area contributed by atoms with E-state index in [9.17, 15) is 48.3 Å². The summed E-state index contributed by atoms with van der Waals surface area (Å²) in [5, 5.41) is 34.5. The summed E-state index contributed by atoms with van der Waals surface area (Å²) in [5.74, 6) is -3.06. The molecule has 2 aromatic rings. The van der Waals surface area contributed by atoms with Crippen LogP contribution in [0.3, 0.4) is 0 Å². The third-order valence-electron chi connectivity index (χ3n) is 12.8. The minimum absolute atomic E-state index is 0.0266. The Morgan fingerprint density at radius 3 is 1.87 bits per heavy atom. The van der Waals surface area contributed by atoms with E-state index >= 15 is 0 Å². The summed E-state index contributed by atoms with van der Waals surface area (Å²) < 4.78 is 15.0. The Kier molecular flexibility index (Phi) is 31.2. The molecule has 23 nitrogen and oxygen atoms in total. The Morgan fingerprint density at radius 1 is 0.720 bits per heavy atom. The van der Waals surface area contributed by atoms with Crippen LogP contribution >= 0.6 is 7.36 Å². The smallest absolute Gasteiger partial charge is 0.317 e. The highest BCUT2D eigenvalue weighted by Crippen LogP contribution is 2.30. The number of benzene rings is 2. The quantitative estimate of drug-likeness (QED) is 0.0202. The van der Waals surface area contributed by atoms with E-state index in [0.717, 1.165) is 24.3 Å². The van der Waals surface area contributed by atoms with Gasteiger partial charge < -0.3 is 51.0 Å². The zero-order chi connectivity index (χ0) is 54.8. The van der Waals surface area contributed by atoms with E-state index in [4.69, 9.17) is 19.3 Å². The number of aliphatic carboxylic acids is 2. The molecule has 4 rings (SSSR count). The van der Waals surface area contributed by atoms with E-state index in [2.05, 4.69) is 45.3 Å². The lowest BCUT2D eigenvalue weighted by atomic mass is 9.81. The van der Waals surface area contributed by atoms with Crippen molar-refractivity contribution >= 4 is 85.0 Å². The minimum atomic E-state index is -0.993. The molecule has 1 heterocycles. The Hall–Kier alpha value is -5.91. The first-order chi connectivity index (χ1) is 36.2. The normalized spacial score (nSPS) is 18.4. The number of carboxylic acids is 2. The molecule has 3 atom stereocenters. The van der Waals surface area contributed by atoms with E-state index in [0.29, 0.717) is 116 Å². The number of hydrogen-bond donors (Lipinski definition) is 7. The van der Waals surface area contributed by atoms with Gasteiger partial charge >= 0.3 is 18.0 Å². The predicted molar refractivity (Wildman–Crippen MR) is 282 cm³/mol. The van der Waals surface area contributed by atoms with Crippen molar-refractivity contribution in [3.8, 4) is 0 Å². The number of fused-ring (bicyclic) bond motifs is 1. The van der Waals surface area contributed by atoms with Crippen molar-refractivity contribution in [3.63, 3.8) is 0 Å². The van der Waals surface area contributed by atoms with Crippen molar-refractivity contribution in [3.05, 3.63) is 48.0 Å². The lowest BCUT2D eigenvalue weighted by Crippen LogP contribution is -2.49. The van der Waals surface area contributed by atoms with Crippen molar-refractivity contribution in [2.45, 2.75) is 89.9 Å². The number of rotatable bonds is 29. The number of nitrogens with zero attached hydrogens (tertiary/aromatic N) is 4. The summed E-state index contributed by atoms with van der Waals surface area (Å²) in [5.41, 5.74) is 0.611. The van der Waals surface area contributed by atoms with Gasteiger partial charge in [-0.15, -0.1) is 0 Å². The van der Waals surface area contributed by atoms with Gasteiger partial charge in [0.1, 0.15) is 19.5 Å². The molecule has 0 radical (unpaired) electrons. The van der Waals surface area contributed by atoms with Gasteiger partial charge in [0.2, 0.25) is 17.7 Å². The topological polar surface area (TPSA) is 295 Å². The first kappa shape index (κ1) is 63.4. The van der Waals surface area contributed by atoms with Crippen LogP contribution in [0, 0.1) is 11.8 Å². The number of ether oxygens (including phenoxy) is 3. The van der Waals surface area contributed by atoms with Crippen LogP contribution in [0.2, 0.25) is 0 Å². The van der Waals surface area contributed by atoms with E-state index in [1.165, 1.54) is 0 Å². The van der Waals surface area contributed by atoms with E-state index in [1.807, 2.05) is 57.2 Å². The van der Waals surface area contributed by atoms with Crippen molar-refractivity contribution < 1.29 is 67.6 Å². The molecule has 25 heteroatoms. The van der Waals surface area contributed by atoms with Crippen LogP contribution in [-0.4, -0.2) is 195 Å². The average molecular weight is 1090 g/mol. The Morgan fingerprint density at radius 2 is 1.31 bits per heavy atom. The molecule has 1 saturated carbocycles. The molecular weight excluding hydrogens is 1010 g/mol. The second kappa shape index (κ2) is 36.9. The molecule has 5 amide bonds. The fourth-order valence-corrected chi connectivity index (χ4v) is 8.54. The summed E-state index contributed by atoms with van der Waals surface area (Å²) in [6.45, 7) is 8.56. The zero-order valence-corrected chi connectivity index (χ0v) is 44.8. The third kappa shape index (κ3) is 26.4. The van der Waals surface area contributed by atoms with Gasteiger partial charge in [-0.05, 0) is 93.7 Å². The lowest BCUT2D eigenvalue weighted by molar-refractivity contribution is -0.139. The molecule has 0 bridgehead atoms. The van der Waals surface area contributed by atoms with Gasteiger partial charge in [-0.2, -0.15) is 0 Å². The number of unbranched alkanes of at least 4 members (excludes halogenated alkanes) is 1. The van der Waals surface area contributed by atoms with Gasteiger partial charge in [-0.25, -0.2) is 4.79 Å². The van der Waals surface area contributed by atoms with Gasteiger partial charge in [0.25, 0.3) is 19.4 Å². The van der Waals surface area contributed by atoms with Crippen molar-refractivity contribution in [2.24, 2.45) is 11.8 Å². The van der Waals surface area contributed by atoms with E-state index in [1.54, 1.807) is 11.8 Å². The maximum atomic E-state index is 13.9. The molecule has 0 spiro atoms. The summed E-state index contributed by atoms with van der Waals surface area (Å²) >= 11 is 4.53. The number of carbonyl (C=O) groups excluding carboxylic acids is 7. The number of amides is 5. The maximum absolute atomic E-state index is 13.9. The van der Waals surface area contributed by atoms with Crippen LogP contribution in [0.25, 0.3) is 10.8 Å². The predicted octanol–water partition coefficient (Wildman–Crippen LogP) is 2.24. The highest BCUT2D eigenvalue weighted by molar-refractivity contribution is 7.96. The van der Waals surface area contributed by atoms with E-state index < -0.39 is 42.2 Å². The second-order valence-corrected chi connectivity index (χ2v) is 20.1. The Bertz CT molecular complexity index is 2120. The summed E-state index contributed by atoms with van der Waals surface area (Å²) in [6.07, 6.45) is 3.89. The zero-order valence-electron chi connectivity index (χ0n) is 43.1. The number of nitrogens with one attached hydrogen (secondary N) is 5. The van der Waals surface area contributed by atoms with Gasteiger partial charge in [-0.1, -0.05) is 55.1 Å². The summed E-state index contributed by atoms with van der Waals surface area (Å²) in [4.78, 5) is 117. The van der Waals surface area contributed by atoms with Crippen LogP contribution in [0.4, 0.5) is 4.79 Å². The minimum Gasteiger partial charge on any atom is -0.481 e. The lowest BCUT2D eigenvalue weighted by Gasteiger charge is -2.33. The monoisotopic (exact) mass is 1090 g/mol. The molecule has 1 aliphatic heterocycles. The number of hydrogen-bond acceptors (Lipinski definition) is 17. The van der Waals surface area contributed by atoms with Crippen molar-refractivity contribution in [1.82, 2.24) is 46.2 Å². The molecule has 1 aliphatic carbocycles. The van der Waals surface area contributed by atoms with Gasteiger partial charge in [0.05, 0.1) is 13.1 Å². The Labute approximate surface area is 445 Å². The molecule has 416 valence electrons. The standard InChI is InChI=1S/C48H71N9O14.C2H5PS/c1-35(9-16-43(62)63)51-48(68)52-42(71-34-60)8-4-5-17-49-47(67)45(40-15-14-37-6-2-3-7-39(37)26-40)53-46(66)38-12-10-36(11-13-38)27-50-41(61)28-54-18-19-55(29-44(64)65)21-23-57(31-70-33-59)25-24-56(22-20-54)30-69-32-58;1-2-3-4/h2-3,6-7,14-15,26,32-36,38,42,45H,4-5,8-13,16-25,27-31H2,1H3,(H,49,67)(H,50,61)(H,53,66)(H,62,63)(H,64,65)(H2,51,52,68);2H2,1H3/t35-,36?,38?,42-,45+;/m1./s1. The van der Waals surface area contributed by atoms with Crippen LogP contribution < -0.4 is 26.6 Å². The van der Waals surface area contributed by atoms with Crippen LogP contribution in [0.15, 0.2) is 42.5 Å². The van der Waals surface area contributed by atoms with Gasteiger partial charge in [0.15, 0.2) is 6.23 Å². The number of carboxylic acid groups (broad SMARTS) is 2. The number of urea groups is 1. The molecule has 7 N–H and O–H groups in total. The van der Waals surface area contributed by atoms with Crippen molar-refractivity contribution in [1.29, 1.82) is 0 Å². The van der Waals surface area contributed by atoms with Crippen LogP contribution in [0.1, 0.15) is 83.2 Å². The van der Waals surface area contributed by atoms with E-state index in [-0.39, 0.29) is 82.5 Å². The van der Waals surface area contributed by atoms with Gasteiger partial charge in [0, 0.05) is 90.2 Å². The highest BCUT2D eigenvalue weighted by atomic mass is 32.4. The third-order valence-corrected chi connectivity index (χ3v) is 13.8. The average Bonchev–Trinajstić information content (AvgIpc) is 3.39. The molecule has 2 aliphatic rings. The maximum Gasteiger partial charge on any atom is 0.317 e. The first-order valence-electron chi connectivity index (χ1n) is 25.4. The first-order valence-corrected chi connectivity index (χ1v) is 27.5. The Balaban J connectivity index is 0.00000357. The molecule has 1 saturated heterocycles. The molecule has 0 aromatic heterocycles. The molecule has 0 unspecified atom stereocenters. The summed E-state index contributed by atoms with van der Waals surface area (Å²) in [6, 6.07) is 11.3. The SMILES string of the molecule is CCP=S.C[C@H](CCC(=O)O)NC(=O)N[C@@H](CCCCNC(=O)[C@@H](NC(=O)C1CCC(CNC(=O)CN2CCN(COC=O)CCN(COC=O)CCN(CC(=O)O)CC2)CC1)c1ccc2ccccc2c1)OC=O. The highest BCUT2D eigenvalue weighted by Gasteiger charge is 2.31. The largest absolute Gasteiger partial charge is 0.481 e. The molecule has 75 heavy (non-hydrogen) atoms. The van der Waals surface area contributed by atoms with Crippen molar-refractivity contribution in [2.75, 3.05) is 98.2 Å². The second-order valence-electron chi connectivity index (χ2n) is 18.4. The number of carbonyl (C=O) groups is 9. The molecule has 2 fully saturated rings. The summed E-state index contributed by atoms with van der Waals surface area (Å²) in [7, 11) is 1.08. The molecular formula is C50H76N9O14PS. The van der Waals surface area contributed by atoms with Crippen LogP contribution in [0.5, 0.6) is 0 Å². The fraction of sp³-hybridized carbons (Fsp3) is 0.620.